The number of rotatable bonds is 0. The van der Waals surface area contributed by atoms with Crippen LogP contribution >= 0.6 is 12.6 Å². The van der Waals surface area contributed by atoms with Crippen molar-refractivity contribution in [1.29, 1.82) is 0 Å². The van der Waals surface area contributed by atoms with Crippen molar-refractivity contribution >= 4 is 12.6 Å². The third-order valence-corrected chi connectivity index (χ3v) is 2.58. The minimum absolute atomic E-state index is 0.684. The maximum atomic E-state index is 4.48. The molecular weight excluding hydrogens is 128 g/mol. The van der Waals surface area contributed by atoms with Gasteiger partial charge in [0.25, 0.3) is 0 Å². The molecule has 0 aromatic heterocycles. The predicted molar refractivity (Wildman–Crippen MR) is 45.0 cm³/mol. The minimum Gasteiger partial charge on any atom is -0.176 e. The largest absolute Gasteiger partial charge is 0.176 e. The Morgan fingerprint density at radius 1 is 1.00 bits per heavy atom. The van der Waals surface area contributed by atoms with E-state index >= 15 is 0 Å². The quantitative estimate of drug-likeness (QED) is 0.497. The molecule has 0 aliphatic heterocycles. The summed E-state index contributed by atoms with van der Waals surface area (Å²) >= 11 is 4.48. The van der Waals surface area contributed by atoms with Crippen LogP contribution in [0, 0.1) is 11.8 Å². The van der Waals surface area contributed by atoms with Gasteiger partial charge in [-0.2, -0.15) is 12.6 Å². The second-order valence-electron chi connectivity index (χ2n) is 3.57. The summed E-state index contributed by atoms with van der Waals surface area (Å²) in [4.78, 5) is 0. The molecule has 1 aliphatic rings. The lowest BCUT2D eigenvalue weighted by Gasteiger charge is -2.28. The summed E-state index contributed by atoms with van der Waals surface area (Å²) in [7, 11) is 0. The molecule has 0 heterocycles. The molecule has 1 heteroatoms. The normalized spacial score (nSPS) is 45.0. The van der Waals surface area contributed by atoms with Gasteiger partial charge in [-0.15, -0.1) is 0 Å². The van der Waals surface area contributed by atoms with Gasteiger partial charge < -0.3 is 0 Å². The van der Waals surface area contributed by atoms with Crippen LogP contribution in [0.3, 0.4) is 0 Å². The molecule has 0 N–H and O–H groups in total. The van der Waals surface area contributed by atoms with Crippen molar-refractivity contribution in [2.24, 2.45) is 11.8 Å². The zero-order valence-corrected chi connectivity index (χ0v) is 7.20. The molecule has 0 amide bonds. The van der Waals surface area contributed by atoms with Crippen LogP contribution in [-0.2, 0) is 0 Å². The highest BCUT2D eigenvalue weighted by Crippen LogP contribution is 2.30. The smallest absolute Gasteiger partial charge is 0.00218 e. The van der Waals surface area contributed by atoms with E-state index in [1.807, 2.05) is 0 Å². The van der Waals surface area contributed by atoms with Crippen molar-refractivity contribution in [2.75, 3.05) is 0 Å². The SMILES string of the molecule is C[C@@H]1CC(S)C[C@H](C)C1. The van der Waals surface area contributed by atoms with E-state index in [-0.39, 0.29) is 0 Å². The Morgan fingerprint density at radius 3 is 1.78 bits per heavy atom. The van der Waals surface area contributed by atoms with Crippen LogP contribution in [0.2, 0.25) is 0 Å². The van der Waals surface area contributed by atoms with Crippen molar-refractivity contribution in [1.82, 2.24) is 0 Å². The fraction of sp³-hybridized carbons (Fsp3) is 1.00. The molecule has 1 saturated carbocycles. The minimum atomic E-state index is 0.684. The molecule has 0 aromatic carbocycles. The van der Waals surface area contributed by atoms with Gasteiger partial charge in [0.15, 0.2) is 0 Å². The van der Waals surface area contributed by atoms with E-state index in [1.54, 1.807) is 0 Å². The molecule has 54 valence electrons. The third-order valence-electron chi connectivity index (χ3n) is 2.15. The van der Waals surface area contributed by atoms with E-state index < -0.39 is 0 Å². The lowest BCUT2D eigenvalue weighted by Crippen LogP contribution is -2.19. The highest BCUT2D eigenvalue weighted by Gasteiger charge is 2.20. The number of hydrogen-bond donors (Lipinski definition) is 1. The summed E-state index contributed by atoms with van der Waals surface area (Å²) in [5, 5.41) is 0.684. The molecule has 0 nitrogen and oxygen atoms in total. The summed E-state index contributed by atoms with van der Waals surface area (Å²) in [6, 6.07) is 0. The van der Waals surface area contributed by atoms with E-state index in [4.69, 9.17) is 0 Å². The molecule has 1 aliphatic carbocycles. The molecule has 1 rings (SSSR count). The molecule has 1 unspecified atom stereocenters. The van der Waals surface area contributed by atoms with E-state index in [0.717, 1.165) is 11.8 Å². The van der Waals surface area contributed by atoms with E-state index in [2.05, 4.69) is 26.5 Å². The lowest BCUT2D eigenvalue weighted by atomic mass is 9.83. The Bertz CT molecular complexity index is 65.5. The first-order chi connectivity index (χ1) is 4.18. The second-order valence-corrected chi connectivity index (χ2v) is 4.30. The molecule has 9 heavy (non-hydrogen) atoms. The average molecular weight is 144 g/mol. The first kappa shape index (κ1) is 7.46. The van der Waals surface area contributed by atoms with Crippen molar-refractivity contribution in [2.45, 2.75) is 38.4 Å². The van der Waals surface area contributed by atoms with Gasteiger partial charge >= 0.3 is 0 Å². The second kappa shape index (κ2) is 2.96. The zero-order valence-electron chi connectivity index (χ0n) is 6.30. The van der Waals surface area contributed by atoms with Crippen molar-refractivity contribution < 1.29 is 0 Å². The molecule has 3 atom stereocenters. The Morgan fingerprint density at radius 2 is 1.44 bits per heavy atom. The van der Waals surface area contributed by atoms with Gasteiger partial charge in [0.05, 0.1) is 0 Å². The maximum Gasteiger partial charge on any atom is 0.00218 e. The van der Waals surface area contributed by atoms with Crippen LogP contribution in [0.5, 0.6) is 0 Å². The summed E-state index contributed by atoms with van der Waals surface area (Å²) < 4.78 is 0. The Kier molecular flexibility index (Phi) is 2.45. The van der Waals surface area contributed by atoms with Crippen LogP contribution in [0.25, 0.3) is 0 Å². The van der Waals surface area contributed by atoms with Gasteiger partial charge in [-0.1, -0.05) is 13.8 Å². The highest BCUT2D eigenvalue weighted by molar-refractivity contribution is 7.80. The van der Waals surface area contributed by atoms with Gasteiger partial charge in [0.1, 0.15) is 0 Å². The van der Waals surface area contributed by atoms with Gasteiger partial charge in [-0.05, 0) is 31.1 Å². The van der Waals surface area contributed by atoms with Gasteiger partial charge in [0.2, 0.25) is 0 Å². The fourth-order valence-corrected chi connectivity index (χ4v) is 2.62. The lowest BCUT2D eigenvalue weighted by molar-refractivity contribution is 0.310. The van der Waals surface area contributed by atoms with E-state index in [0.29, 0.717) is 5.25 Å². The summed E-state index contributed by atoms with van der Waals surface area (Å²) in [6.07, 6.45) is 4.07. The molecule has 0 saturated heterocycles. The Labute approximate surface area is 63.4 Å². The van der Waals surface area contributed by atoms with Crippen LogP contribution in [0.15, 0.2) is 0 Å². The number of hydrogen-bond acceptors (Lipinski definition) is 1. The predicted octanol–water partition coefficient (Wildman–Crippen LogP) is 2.74. The molecule has 0 aromatic rings. The Balaban J connectivity index is 2.34. The zero-order chi connectivity index (χ0) is 6.85. The molecular formula is C8H16S. The number of thiol groups is 1. The van der Waals surface area contributed by atoms with Crippen molar-refractivity contribution in [3.05, 3.63) is 0 Å². The van der Waals surface area contributed by atoms with Crippen LogP contribution in [0.1, 0.15) is 33.1 Å². The molecule has 0 radical (unpaired) electrons. The topological polar surface area (TPSA) is 0 Å². The van der Waals surface area contributed by atoms with Gasteiger partial charge in [-0.25, -0.2) is 0 Å². The summed E-state index contributed by atoms with van der Waals surface area (Å²) in [5.74, 6) is 1.83. The van der Waals surface area contributed by atoms with Gasteiger partial charge in [-0.3, -0.25) is 0 Å². The van der Waals surface area contributed by atoms with Crippen LogP contribution < -0.4 is 0 Å². The average Bonchev–Trinajstić information content (AvgIpc) is 1.59. The van der Waals surface area contributed by atoms with Crippen LogP contribution in [0.4, 0.5) is 0 Å². The van der Waals surface area contributed by atoms with E-state index in [9.17, 15) is 0 Å². The third kappa shape index (κ3) is 2.21. The van der Waals surface area contributed by atoms with Crippen LogP contribution in [-0.4, -0.2) is 5.25 Å². The standard InChI is InChI=1S/C8H16S/c1-6-3-7(2)5-8(9)4-6/h6-9H,3-5H2,1-2H3/t6-,7+,8?. The summed E-state index contributed by atoms with van der Waals surface area (Å²) in [5.41, 5.74) is 0. The summed E-state index contributed by atoms with van der Waals surface area (Å²) in [6.45, 7) is 4.66. The fourth-order valence-electron chi connectivity index (χ4n) is 1.90. The highest BCUT2D eigenvalue weighted by atomic mass is 32.1. The molecule has 0 spiro atoms. The van der Waals surface area contributed by atoms with Crippen molar-refractivity contribution in [3.8, 4) is 0 Å². The molecule has 1 fully saturated rings. The molecule has 0 bridgehead atoms. The first-order valence-electron chi connectivity index (χ1n) is 3.86. The Hall–Kier alpha value is 0.350. The van der Waals surface area contributed by atoms with Crippen molar-refractivity contribution in [3.63, 3.8) is 0 Å². The van der Waals surface area contributed by atoms with Gasteiger partial charge in [0, 0.05) is 5.25 Å². The monoisotopic (exact) mass is 144 g/mol. The maximum absolute atomic E-state index is 4.48. The first-order valence-corrected chi connectivity index (χ1v) is 4.38. The van der Waals surface area contributed by atoms with E-state index in [1.165, 1.54) is 19.3 Å².